The molecule has 0 aromatic carbocycles. The Morgan fingerprint density at radius 1 is 1.26 bits per heavy atom. The summed E-state index contributed by atoms with van der Waals surface area (Å²) in [6.45, 7) is 6.50. The molecule has 0 spiro atoms. The third-order valence-electron chi connectivity index (χ3n) is 3.70. The highest BCUT2D eigenvalue weighted by Gasteiger charge is 2.19. The summed E-state index contributed by atoms with van der Waals surface area (Å²) >= 11 is 1.68. The largest absolute Gasteiger partial charge is 0.382 e. The molecule has 2 rings (SSSR count). The molecule has 2 N–H and O–H groups in total. The van der Waals surface area contributed by atoms with Gasteiger partial charge in [0.15, 0.2) is 11.1 Å². The topological polar surface area (TPSA) is 76.2 Å². The number of hydrogen-bond donors (Lipinski definition) is 1. The number of guanidine groups is 1. The molecule has 130 valence electrons. The highest BCUT2D eigenvalue weighted by atomic mass is 32.1. The summed E-state index contributed by atoms with van der Waals surface area (Å²) < 4.78 is 10.3. The van der Waals surface area contributed by atoms with Crippen molar-refractivity contribution in [2.45, 2.75) is 12.8 Å². The fourth-order valence-corrected chi connectivity index (χ4v) is 3.05. The maximum absolute atomic E-state index is 6.09. The lowest BCUT2D eigenvalue weighted by molar-refractivity contribution is 0.0690. The number of rotatable bonds is 9. The van der Waals surface area contributed by atoms with Crippen LogP contribution in [0, 0.1) is 0 Å². The van der Waals surface area contributed by atoms with Crippen molar-refractivity contribution in [2.75, 3.05) is 64.6 Å². The Hall–Kier alpha value is -1.38. The average Bonchev–Trinajstić information content (AvgIpc) is 3.12. The molecule has 0 saturated carbocycles. The highest BCUT2D eigenvalue weighted by molar-refractivity contribution is 7.13. The molecule has 8 heteroatoms. The molecule has 0 atom stereocenters. The van der Waals surface area contributed by atoms with Gasteiger partial charge in [-0.1, -0.05) is 0 Å². The first-order valence-corrected chi connectivity index (χ1v) is 8.95. The van der Waals surface area contributed by atoms with Gasteiger partial charge in [-0.25, -0.2) is 4.98 Å². The van der Waals surface area contributed by atoms with Crippen molar-refractivity contribution in [3.8, 4) is 0 Å². The lowest BCUT2D eigenvalue weighted by atomic mass is 10.3. The lowest BCUT2D eigenvalue weighted by Gasteiger charge is -2.35. The minimum Gasteiger partial charge on any atom is -0.382 e. The van der Waals surface area contributed by atoms with Gasteiger partial charge >= 0.3 is 0 Å². The van der Waals surface area contributed by atoms with Crippen molar-refractivity contribution in [3.63, 3.8) is 0 Å². The SMILES string of the molecule is COCCOCCCCN=C(N)N1CCN(c2nccs2)CC1. The number of aromatic nitrogens is 1. The van der Waals surface area contributed by atoms with Gasteiger partial charge < -0.3 is 25.0 Å². The molecule has 0 radical (unpaired) electrons. The fourth-order valence-electron chi connectivity index (χ4n) is 2.35. The predicted octanol–water partition coefficient (Wildman–Crippen LogP) is 1.02. The molecule has 0 amide bonds. The molecule has 1 aliphatic rings. The number of aliphatic imine (C=N–C) groups is 1. The maximum Gasteiger partial charge on any atom is 0.191 e. The molecule has 0 aliphatic carbocycles. The van der Waals surface area contributed by atoms with E-state index in [9.17, 15) is 0 Å². The lowest BCUT2D eigenvalue weighted by Crippen LogP contribution is -2.51. The van der Waals surface area contributed by atoms with Crippen LogP contribution in [0.1, 0.15) is 12.8 Å². The Morgan fingerprint density at radius 2 is 2.09 bits per heavy atom. The molecular weight excluding hydrogens is 314 g/mol. The molecular formula is C15H27N5O2S. The first kappa shape index (κ1) is 18.0. The highest BCUT2D eigenvalue weighted by Crippen LogP contribution is 2.18. The summed E-state index contributed by atoms with van der Waals surface area (Å²) in [6.07, 6.45) is 3.84. The number of unbranched alkanes of at least 4 members (excludes halogenated alkanes) is 1. The summed E-state index contributed by atoms with van der Waals surface area (Å²) in [4.78, 5) is 13.3. The van der Waals surface area contributed by atoms with Crippen LogP contribution in [0.3, 0.4) is 0 Å². The molecule has 2 heterocycles. The van der Waals surface area contributed by atoms with Crippen LogP contribution in [-0.2, 0) is 9.47 Å². The van der Waals surface area contributed by atoms with E-state index >= 15 is 0 Å². The van der Waals surface area contributed by atoms with E-state index in [1.807, 2.05) is 11.6 Å². The van der Waals surface area contributed by atoms with E-state index in [1.165, 1.54) is 0 Å². The number of nitrogens with two attached hydrogens (primary N) is 1. The van der Waals surface area contributed by atoms with E-state index in [0.29, 0.717) is 19.2 Å². The van der Waals surface area contributed by atoms with Crippen LogP contribution in [0.15, 0.2) is 16.6 Å². The number of nitrogens with zero attached hydrogens (tertiary/aromatic N) is 4. The number of thiazole rings is 1. The van der Waals surface area contributed by atoms with E-state index in [1.54, 1.807) is 18.4 Å². The first-order chi connectivity index (χ1) is 11.3. The van der Waals surface area contributed by atoms with Crippen LogP contribution in [-0.4, -0.2) is 75.5 Å². The van der Waals surface area contributed by atoms with E-state index in [4.69, 9.17) is 15.2 Å². The first-order valence-electron chi connectivity index (χ1n) is 8.07. The zero-order valence-electron chi connectivity index (χ0n) is 13.8. The standard InChI is InChI=1S/C15H27N5O2S/c1-21-11-12-22-10-3-2-4-17-14(16)19-6-8-20(9-7-19)15-18-5-13-23-15/h5,13H,2-4,6-12H2,1H3,(H2,16,17). The smallest absolute Gasteiger partial charge is 0.191 e. The van der Waals surface area contributed by atoms with Crippen molar-refractivity contribution < 1.29 is 9.47 Å². The quantitative estimate of drug-likeness (QED) is 0.411. The van der Waals surface area contributed by atoms with Crippen LogP contribution in [0.25, 0.3) is 0 Å². The van der Waals surface area contributed by atoms with Gasteiger partial charge in [-0.3, -0.25) is 4.99 Å². The predicted molar refractivity (Wildman–Crippen MR) is 94.3 cm³/mol. The Morgan fingerprint density at radius 3 is 2.78 bits per heavy atom. The normalized spacial score (nSPS) is 16.1. The Balaban J connectivity index is 1.58. The second-order valence-electron chi connectivity index (χ2n) is 5.34. The molecule has 7 nitrogen and oxygen atoms in total. The van der Waals surface area contributed by atoms with E-state index in [0.717, 1.165) is 57.3 Å². The minimum atomic E-state index is 0.651. The third-order valence-corrected chi connectivity index (χ3v) is 4.53. The van der Waals surface area contributed by atoms with E-state index in [-0.39, 0.29) is 0 Å². The molecule has 1 aromatic rings. The van der Waals surface area contributed by atoms with Gasteiger partial charge in [0.25, 0.3) is 0 Å². The number of hydrogen-bond acceptors (Lipinski definition) is 6. The minimum absolute atomic E-state index is 0.651. The number of piperazine rings is 1. The van der Waals surface area contributed by atoms with Gasteiger partial charge in [0.1, 0.15) is 0 Å². The monoisotopic (exact) mass is 341 g/mol. The Labute approximate surface area is 142 Å². The van der Waals surface area contributed by atoms with Gasteiger partial charge in [0, 0.05) is 58.0 Å². The van der Waals surface area contributed by atoms with Crippen molar-refractivity contribution in [3.05, 3.63) is 11.6 Å². The Kier molecular flexibility index (Phi) is 8.13. The Bertz CT molecular complexity index is 447. The molecule has 1 fully saturated rings. The summed E-state index contributed by atoms with van der Waals surface area (Å²) in [5.41, 5.74) is 6.09. The average molecular weight is 341 g/mol. The van der Waals surface area contributed by atoms with E-state index in [2.05, 4.69) is 19.8 Å². The van der Waals surface area contributed by atoms with Crippen molar-refractivity contribution >= 4 is 22.4 Å². The van der Waals surface area contributed by atoms with Crippen LogP contribution in [0.2, 0.25) is 0 Å². The van der Waals surface area contributed by atoms with Crippen LogP contribution in [0.4, 0.5) is 5.13 Å². The van der Waals surface area contributed by atoms with E-state index < -0.39 is 0 Å². The molecule has 0 bridgehead atoms. The molecule has 1 saturated heterocycles. The van der Waals surface area contributed by atoms with Crippen LogP contribution >= 0.6 is 11.3 Å². The second kappa shape index (κ2) is 10.4. The molecule has 1 aliphatic heterocycles. The van der Waals surface area contributed by atoms with Gasteiger partial charge in [-0.15, -0.1) is 11.3 Å². The molecule has 23 heavy (non-hydrogen) atoms. The van der Waals surface area contributed by atoms with Gasteiger partial charge in [0.05, 0.1) is 13.2 Å². The third kappa shape index (κ3) is 6.32. The zero-order valence-corrected chi connectivity index (χ0v) is 14.6. The number of ether oxygens (including phenoxy) is 2. The van der Waals surface area contributed by atoms with Crippen molar-refractivity contribution in [2.24, 2.45) is 10.7 Å². The fraction of sp³-hybridized carbons (Fsp3) is 0.733. The van der Waals surface area contributed by atoms with Crippen molar-refractivity contribution in [1.82, 2.24) is 9.88 Å². The summed E-state index contributed by atoms with van der Waals surface area (Å²) in [6, 6.07) is 0. The van der Waals surface area contributed by atoms with Gasteiger partial charge in [-0.2, -0.15) is 0 Å². The maximum atomic E-state index is 6.09. The molecule has 0 unspecified atom stereocenters. The zero-order chi connectivity index (χ0) is 16.3. The van der Waals surface area contributed by atoms with Crippen molar-refractivity contribution in [1.29, 1.82) is 0 Å². The number of methoxy groups -OCH3 is 1. The second-order valence-corrected chi connectivity index (χ2v) is 6.21. The van der Waals surface area contributed by atoms with Crippen LogP contribution in [0.5, 0.6) is 0 Å². The van der Waals surface area contributed by atoms with Gasteiger partial charge in [0.2, 0.25) is 0 Å². The van der Waals surface area contributed by atoms with Crippen LogP contribution < -0.4 is 10.6 Å². The summed E-state index contributed by atoms with van der Waals surface area (Å²) in [5.74, 6) is 0.657. The summed E-state index contributed by atoms with van der Waals surface area (Å²) in [7, 11) is 1.68. The molecule has 1 aromatic heterocycles. The summed E-state index contributed by atoms with van der Waals surface area (Å²) in [5, 5.41) is 3.10. The van der Waals surface area contributed by atoms with Gasteiger partial charge in [-0.05, 0) is 12.8 Å². The number of anilines is 1.